The van der Waals surface area contributed by atoms with Crippen LogP contribution in [0.1, 0.15) is 29.3 Å². The fourth-order valence-electron chi connectivity index (χ4n) is 2.81. The van der Waals surface area contributed by atoms with E-state index < -0.39 is 27.9 Å². The normalized spacial score (nSPS) is 12.2. The van der Waals surface area contributed by atoms with Gasteiger partial charge in [-0.2, -0.15) is 0 Å². The molecule has 9 heteroatoms. The number of aryl methyl sites for hydroxylation is 1. The topological polar surface area (TPSA) is 92.8 Å². The summed E-state index contributed by atoms with van der Waals surface area (Å²) in [5.74, 6) is -0.991. The molecule has 0 saturated carbocycles. The van der Waals surface area contributed by atoms with Crippen molar-refractivity contribution in [1.82, 2.24) is 0 Å². The molecule has 156 valence electrons. The van der Waals surface area contributed by atoms with Crippen molar-refractivity contribution in [3.05, 3.63) is 58.6 Å². The van der Waals surface area contributed by atoms with Crippen molar-refractivity contribution in [1.29, 1.82) is 0 Å². The lowest BCUT2D eigenvalue weighted by Gasteiger charge is -2.30. The summed E-state index contributed by atoms with van der Waals surface area (Å²) in [5, 5.41) is 3.10. The van der Waals surface area contributed by atoms with Crippen molar-refractivity contribution < 1.29 is 22.7 Å². The monoisotopic (exact) mass is 438 g/mol. The highest BCUT2D eigenvalue weighted by Gasteiger charge is 2.31. The number of anilines is 2. The van der Waals surface area contributed by atoms with Gasteiger partial charge in [-0.25, -0.2) is 13.2 Å². The lowest BCUT2D eigenvalue weighted by Crippen LogP contribution is -2.47. The maximum atomic E-state index is 12.9. The third kappa shape index (κ3) is 5.48. The van der Waals surface area contributed by atoms with Gasteiger partial charge in [0.25, 0.3) is 0 Å². The first-order valence-electron chi connectivity index (χ1n) is 8.83. The number of carbonyl (C=O) groups excluding carboxylic acids is 2. The van der Waals surface area contributed by atoms with Gasteiger partial charge in [0, 0.05) is 10.7 Å². The highest BCUT2D eigenvalue weighted by atomic mass is 35.5. The number of methoxy groups -OCH3 is 1. The minimum atomic E-state index is -3.76. The summed E-state index contributed by atoms with van der Waals surface area (Å²) in [4.78, 5) is 24.4. The smallest absolute Gasteiger partial charge is 0.337 e. The maximum absolute atomic E-state index is 12.9. The van der Waals surface area contributed by atoms with E-state index in [0.29, 0.717) is 22.0 Å². The standard InChI is InChI=1S/C20H23ClN2O5S/c1-5-18(19(24)22-15-9-7-14(8-10-15)20(25)28-3)23(29(4,26)27)16-11-6-13(2)17(21)12-16/h6-12,18H,5H2,1-4H3,(H,22,24)/t18-/m1/s1. The molecular weight excluding hydrogens is 416 g/mol. The van der Waals surface area contributed by atoms with Crippen molar-refractivity contribution in [3.63, 3.8) is 0 Å². The van der Waals surface area contributed by atoms with Gasteiger partial charge < -0.3 is 10.1 Å². The Labute approximate surface area is 175 Å². The van der Waals surface area contributed by atoms with Crippen LogP contribution in [0, 0.1) is 6.92 Å². The zero-order chi connectivity index (χ0) is 21.8. The van der Waals surface area contributed by atoms with Crippen LogP contribution in [0.3, 0.4) is 0 Å². The Morgan fingerprint density at radius 3 is 2.28 bits per heavy atom. The summed E-state index contributed by atoms with van der Waals surface area (Å²) in [6.45, 7) is 3.53. The van der Waals surface area contributed by atoms with Crippen molar-refractivity contribution in [2.24, 2.45) is 0 Å². The number of hydrogen-bond donors (Lipinski definition) is 1. The van der Waals surface area contributed by atoms with Gasteiger partial charge in [0.1, 0.15) is 6.04 Å². The Morgan fingerprint density at radius 2 is 1.79 bits per heavy atom. The zero-order valence-electron chi connectivity index (χ0n) is 16.6. The van der Waals surface area contributed by atoms with Gasteiger partial charge in [0.15, 0.2) is 0 Å². The largest absolute Gasteiger partial charge is 0.465 e. The Bertz CT molecular complexity index is 1010. The molecular formula is C20H23ClN2O5S. The van der Waals surface area contributed by atoms with E-state index in [4.69, 9.17) is 11.6 Å². The third-order valence-corrected chi connectivity index (χ3v) is 5.90. The predicted molar refractivity (Wildman–Crippen MR) is 114 cm³/mol. The van der Waals surface area contributed by atoms with Gasteiger partial charge in [-0.3, -0.25) is 9.10 Å². The Balaban J connectivity index is 2.33. The molecule has 2 aromatic rings. The van der Waals surface area contributed by atoms with Crippen LogP contribution in [0.15, 0.2) is 42.5 Å². The molecule has 0 heterocycles. The Kier molecular flexibility index (Phi) is 7.26. The van der Waals surface area contributed by atoms with Gasteiger partial charge in [-0.05, 0) is 55.3 Å². The molecule has 2 rings (SSSR count). The highest BCUT2D eigenvalue weighted by molar-refractivity contribution is 7.92. The van der Waals surface area contributed by atoms with Gasteiger partial charge >= 0.3 is 5.97 Å². The molecule has 0 unspecified atom stereocenters. The predicted octanol–water partition coefficient (Wildman–Crippen LogP) is 3.62. The van der Waals surface area contributed by atoms with Gasteiger partial charge in [0.05, 0.1) is 24.6 Å². The molecule has 0 radical (unpaired) electrons. The molecule has 1 amide bonds. The molecule has 7 nitrogen and oxygen atoms in total. The molecule has 1 N–H and O–H groups in total. The molecule has 0 aromatic heterocycles. The van der Waals surface area contributed by atoms with E-state index in [2.05, 4.69) is 10.1 Å². The van der Waals surface area contributed by atoms with Crippen LogP contribution in [-0.4, -0.2) is 39.7 Å². The van der Waals surface area contributed by atoms with E-state index in [1.54, 1.807) is 38.1 Å². The van der Waals surface area contributed by atoms with Crippen molar-refractivity contribution in [3.8, 4) is 0 Å². The molecule has 0 aliphatic heterocycles. The van der Waals surface area contributed by atoms with Gasteiger partial charge in [-0.1, -0.05) is 24.6 Å². The fourth-order valence-corrected chi connectivity index (χ4v) is 4.19. The molecule has 0 aliphatic rings. The van der Waals surface area contributed by atoms with Crippen LogP contribution in [0.25, 0.3) is 0 Å². The van der Waals surface area contributed by atoms with Crippen LogP contribution in [0.4, 0.5) is 11.4 Å². The Morgan fingerprint density at radius 1 is 1.17 bits per heavy atom. The molecule has 0 spiro atoms. The molecule has 0 saturated heterocycles. The van der Waals surface area contributed by atoms with Gasteiger partial charge in [-0.15, -0.1) is 0 Å². The van der Waals surface area contributed by atoms with E-state index in [1.165, 1.54) is 25.3 Å². The van der Waals surface area contributed by atoms with E-state index in [9.17, 15) is 18.0 Å². The molecule has 0 aliphatic carbocycles. The van der Waals surface area contributed by atoms with E-state index in [1.807, 2.05) is 0 Å². The lowest BCUT2D eigenvalue weighted by atomic mass is 10.1. The van der Waals surface area contributed by atoms with Crippen molar-refractivity contribution in [2.75, 3.05) is 23.0 Å². The quantitative estimate of drug-likeness (QED) is 0.666. The van der Waals surface area contributed by atoms with Crippen LogP contribution < -0.4 is 9.62 Å². The molecule has 1 atom stereocenters. The first-order valence-corrected chi connectivity index (χ1v) is 11.1. The van der Waals surface area contributed by atoms with Crippen LogP contribution >= 0.6 is 11.6 Å². The zero-order valence-corrected chi connectivity index (χ0v) is 18.2. The second kappa shape index (κ2) is 9.28. The number of amides is 1. The van der Waals surface area contributed by atoms with Crippen molar-refractivity contribution >= 4 is 44.9 Å². The number of nitrogens with one attached hydrogen (secondary N) is 1. The van der Waals surface area contributed by atoms with E-state index in [-0.39, 0.29) is 6.42 Å². The minimum Gasteiger partial charge on any atom is -0.465 e. The van der Waals surface area contributed by atoms with Gasteiger partial charge in [0.2, 0.25) is 15.9 Å². The fraction of sp³-hybridized carbons (Fsp3) is 0.300. The molecule has 0 fully saturated rings. The van der Waals surface area contributed by atoms with E-state index >= 15 is 0 Å². The number of carbonyl (C=O) groups is 2. The summed E-state index contributed by atoms with van der Waals surface area (Å²) < 4.78 is 30.7. The van der Waals surface area contributed by atoms with E-state index in [0.717, 1.165) is 16.1 Å². The average Bonchev–Trinajstić information content (AvgIpc) is 2.67. The maximum Gasteiger partial charge on any atom is 0.337 e. The highest BCUT2D eigenvalue weighted by Crippen LogP contribution is 2.28. The first kappa shape index (κ1) is 22.7. The number of halogens is 1. The number of ether oxygens (including phenoxy) is 1. The van der Waals surface area contributed by atoms with Crippen LogP contribution in [-0.2, 0) is 19.6 Å². The number of nitrogens with zero attached hydrogens (tertiary/aromatic N) is 1. The van der Waals surface area contributed by atoms with Crippen molar-refractivity contribution in [2.45, 2.75) is 26.3 Å². The number of hydrogen-bond acceptors (Lipinski definition) is 5. The number of benzene rings is 2. The minimum absolute atomic E-state index is 0.241. The first-order chi connectivity index (χ1) is 13.6. The molecule has 29 heavy (non-hydrogen) atoms. The summed E-state index contributed by atoms with van der Waals surface area (Å²) in [5.41, 5.74) is 1.87. The summed E-state index contributed by atoms with van der Waals surface area (Å²) >= 11 is 6.16. The molecule has 0 bridgehead atoms. The molecule has 2 aromatic carbocycles. The second-order valence-electron chi connectivity index (χ2n) is 6.47. The Hall–Kier alpha value is -2.58. The number of sulfonamides is 1. The summed E-state index contributed by atoms with van der Waals surface area (Å²) in [6, 6.07) is 9.97. The lowest BCUT2D eigenvalue weighted by molar-refractivity contribution is -0.117. The summed E-state index contributed by atoms with van der Waals surface area (Å²) in [6.07, 6.45) is 1.28. The van der Waals surface area contributed by atoms with Crippen LogP contribution in [0.5, 0.6) is 0 Å². The second-order valence-corrected chi connectivity index (χ2v) is 8.74. The van der Waals surface area contributed by atoms with Crippen LogP contribution in [0.2, 0.25) is 5.02 Å². The number of esters is 1. The average molecular weight is 439 g/mol. The number of rotatable bonds is 7. The third-order valence-electron chi connectivity index (χ3n) is 4.31. The SMILES string of the molecule is CC[C@H](C(=O)Nc1ccc(C(=O)OC)cc1)N(c1ccc(C)c(Cl)c1)S(C)(=O)=O. The summed E-state index contributed by atoms with van der Waals surface area (Å²) in [7, 11) is -2.49.